The van der Waals surface area contributed by atoms with Gasteiger partial charge in [0.15, 0.2) is 0 Å². The first-order valence-corrected chi connectivity index (χ1v) is 7.31. The molecule has 5 heteroatoms. The van der Waals surface area contributed by atoms with Gasteiger partial charge in [-0.1, -0.05) is 30.3 Å². The first-order valence-electron chi connectivity index (χ1n) is 7.31. The monoisotopic (exact) mass is 296 g/mol. The molecule has 112 valence electrons. The minimum atomic E-state index is -0.826. The lowest BCUT2D eigenvalue weighted by Crippen LogP contribution is -2.30. The summed E-state index contributed by atoms with van der Waals surface area (Å²) in [4.78, 5) is 15.2. The average Bonchev–Trinajstić information content (AvgIpc) is 2.82. The van der Waals surface area contributed by atoms with Crippen LogP contribution in [0.25, 0.3) is 0 Å². The normalized spacial score (nSPS) is 23.2. The van der Waals surface area contributed by atoms with Crippen molar-refractivity contribution in [1.82, 2.24) is 0 Å². The third kappa shape index (κ3) is 2.06. The van der Waals surface area contributed by atoms with Crippen molar-refractivity contribution in [2.24, 2.45) is 10.7 Å². The molecule has 0 amide bonds. The largest absolute Gasteiger partial charge is 0.457 e. The first kappa shape index (κ1) is 13.3. The lowest BCUT2D eigenvalue weighted by Gasteiger charge is -2.29. The van der Waals surface area contributed by atoms with E-state index in [1.165, 1.54) is 0 Å². The Bertz CT molecular complexity index is 722. The maximum absolute atomic E-state index is 6.14. The van der Waals surface area contributed by atoms with E-state index >= 15 is 0 Å². The molecular formula is C17H16N2O3. The molecule has 4 rings (SSSR count). The fourth-order valence-corrected chi connectivity index (χ4v) is 2.94. The predicted octanol–water partition coefficient (Wildman–Crippen LogP) is 3.09. The Morgan fingerprint density at radius 1 is 1.09 bits per heavy atom. The van der Waals surface area contributed by atoms with Gasteiger partial charge < -0.3 is 10.5 Å². The van der Waals surface area contributed by atoms with Crippen LogP contribution in [-0.4, -0.2) is 12.4 Å². The molecule has 1 fully saturated rings. The van der Waals surface area contributed by atoms with Crippen molar-refractivity contribution >= 4 is 5.84 Å². The second kappa shape index (κ2) is 5.12. The maximum atomic E-state index is 6.14. The summed E-state index contributed by atoms with van der Waals surface area (Å²) in [6.45, 7) is 0.576. The van der Waals surface area contributed by atoms with E-state index in [0.29, 0.717) is 18.2 Å². The number of hydrogen-bond donors (Lipinski definition) is 1. The van der Waals surface area contributed by atoms with E-state index < -0.39 is 5.72 Å². The van der Waals surface area contributed by atoms with Crippen molar-refractivity contribution < 1.29 is 14.5 Å². The van der Waals surface area contributed by atoms with Crippen LogP contribution in [0.3, 0.4) is 0 Å². The molecule has 0 saturated carbocycles. The molecule has 2 aliphatic heterocycles. The van der Waals surface area contributed by atoms with Gasteiger partial charge in [-0.25, -0.2) is 14.8 Å². The van der Waals surface area contributed by atoms with Crippen LogP contribution in [0.1, 0.15) is 24.0 Å². The van der Waals surface area contributed by atoms with E-state index in [1.54, 1.807) is 0 Å². The van der Waals surface area contributed by atoms with Crippen LogP contribution in [0, 0.1) is 0 Å². The summed E-state index contributed by atoms with van der Waals surface area (Å²) in [6, 6.07) is 15.4. The van der Waals surface area contributed by atoms with Crippen LogP contribution in [0.15, 0.2) is 53.5 Å². The van der Waals surface area contributed by atoms with Gasteiger partial charge in [0, 0.05) is 12.0 Å². The average molecular weight is 296 g/mol. The highest BCUT2D eigenvalue weighted by Crippen LogP contribution is 2.45. The highest BCUT2D eigenvalue weighted by atomic mass is 17.2. The number of hydrogen-bond acceptors (Lipinski definition) is 5. The summed E-state index contributed by atoms with van der Waals surface area (Å²) in [6.07, 6.45) is 1.62. The van der Waals surface area contributed by atoms with Crippen LogP contribution in [0.4, 0.5) is 0 Å². The van der Waals surface area contributed by atoms with Gasteiger partial charge in [-0.3, -0.25) is 0 Å². The van der Waals surface area contributed by atoms with Gasteiger partial charge in [0.25, 0.3) is 0 Å². The third-order valence-electron chi connectivity index (χ3n) is 3.92. The molecule has 1 atom stereocenters. The molecule has 1 spiro atoms. The van der Waals surface area contributed by atoms with Crippen LogP contribution in [0.5, 0.6) is 11.5 Å². The van der Waals surface area contributed by atoms with E-state index in [0.717, 1.165) is 29.7 Å². The highest BCUT2D eigenvalue weighted by Gasteiger charge is 2.44. The Morgan fingerprint density at radius 3 is 2.73 bits per heavy atom. The number of amidine groups is 1. The van der Waals surface area contributed by atoms with Crippen LogP contribution in [0.2, 0.25) is 0 Å². The van der Waals surface area contributed by atoms with Crippen LogP contribution < -0.4 is 10.5 Å². The minimum Gasteiger partial charge on any atom is -0.457 e. The second-order valence-corrected chi connectivity index (χ2v) is 5.38. The first-order chi connectivity index (χ1) is 10.8. The van der Waals surface area contributed by atoms with E-state index in [2.05, 4.69) is 4.99 Å². The number of nitrogens with two attached hydrogens (primary N) is 1. The lowest BCUT2D eigenvalue weighted by atomic mass is 9.95. The molecule has 0 radical (unpaired) electrons. The molecule has 2 N–H and O–H groups in total. The summed E-state index contributed by atoms with van der Waals surface area (Å²) in [5, 5.41) is 0. The van der Waals surface area contributed by atoms with Crippen molar-refractivity contribution in [1.29, 1.82) is 0 Å². The number of ether oxygens (including phenoxy) is 1. The summed E-state index contributed by atoms with van der Waals surface area (Å²) in [5.41, 5.74) is 7.00. The quantitative estimate of drug-likeness (QED) is 0.865. The summed E-state index contributed by atoms with van der Waals surface area (Å²) < 4.78 is 5.97. The van der Waals surface area contributed by atoms with Gasteiger partial charge in [-0.2, -0.15) is 0 Å². The lowest BCUT2D eigenvalue weighted by molar-refractivity contribution is -0.386. The molecule has 1 saturated heterocycles. The molecule has 0 aromatic heterocycles. The SMILES string of the molecule is NC1=NC2(CCCOO2)c2cccc(Oc3ccccc3)c21. The zero-order valence-corrected chi connectivity index (χ0v) is 12.0. The zero-order valence-electron chi connectivity index (χ0n) is 12.0. The molecule has 0 aliphatic carbocycles. The smallest absolute Gasteiger partial charge is 0.221 e. The molecule has 2 aromatic rings. The van der Waals surface area contributed by atoms with Gasteiger partial charge in [0.05, 0.1) is 12.2 Å². The van der Waals surface area contributed by atoms with Gasteiger partial charge >= 0.3 is 0 Å². The number of aliphatic imine (C=N–C) groups is 1. The molecule has 2 aliphatic rings. The number of benzene rings is 2. The fourth-order valence-electron chi connectivity index (χ4n) is 2.94. The number of fused-ring (bicyclic) bond motifs is 2. The molecule has 2 aromatic carbocycles. The van der Waals surface area contributed by atoms with Crippen LogP contribution in [-0.2, 0) is 15.5 Å². The minimum absolute atomic E-state index is 0.423. The van der Waals surface area contributed by atoms with Crippen molar-refractivity contribution in [3.63, 3.8) is 0 Å². The Hall–Kier alpha value is -2.37. The van der Waals surface area contributed by atoms with Crippen molar-refractivity contribution in [2.45, 2.75) is 18.6 Å². The van der Waals surface area contributed by atoms with Crippen molar-refractivity contribution in [2.75, 3.05) is 6.61 Å². The van der Waals surface area contributed by atoms with E-state index in [-0.39, 0.29) is 0 Å². The molecule has 1 unspecified atom stereocenters. The van der Waals surface area contributed by atoms with Gasteiger partial charge in [-0.05, 0) is 24.6 Å². The summed E-state index contributed by atoms with van der Waals surface area (Å²) in [5.74, 6) is 1.86. The fraction of sp³-hybridized carbons (Fsp3) is 0.235. The predicted molar refractivity (Wildman–Crippen MR) is 81.6 cm³/mol. The maximum Gasteiger partial charge on any atom is 0.221 e. The van der Waals surface area contributed by atoms with E-state index in [1.807, 2.05) is 48.5 Å². The number of para-hydroxylation sites is 1. The Labute approximate surface area is 128 Å². The molecule has 0 bridgehead atoms. The molecule has 2 heterocycles. The van der Waals surface area contributed by atoms with Crippen molar-refractivity contribution in [3.05, 3.63) is 59.7 Å². The molecular weight excluding hydrogens is 280 g/mol. The topological polar surface area (TPSA) is 66.1 Å². The number of nitrogens with zero attached hydrogens (tertiary/aromatic N) is 1. The summed E-state index contributed by atoms with van der Waals surface area (Å²) in [7, 11) is 0. The van der Waals surface area contributed by atoms with E-state index in [9.17, 15) is 0 Å². The zero-order chi connectivity index (χ0) is 15.0. The Balaban J connectivity index is 1.77. The van der Waals surface area contributed by atoms with Crippen LogP contribution >= 0.6 is 0 Å². The molecule has 22 heavy (non-hydrogen) atoms. The summed E-state index contributed by atoms with van der Waals surface area (Å²) >= 11 is 0. The standard InChI is InChI=1S/C17H16N2O3/c18-16-15-13(17(19-16)10-5-11-20-22-17)8-4-9-14(15)21-12-6-2-1-3-7-12/h1-4,6-9H,5,10-11H2,(H2,18,19). The highest BCUT2D eigenvalue weighted by molar-refractivity contribution is 6.04. The van der Waals surface area contributed by atoms with Crippen molar-refractivity contribution in [3.8, 4) is 11.5 Å². The van der Waals surface area contributed by atoms with E-state index in [4.69, 9.17) is 20.2 Å². The Kier molecular flexibility index (Phi) is 3.10. The second-order valence-electron chi connectivity index (χ2n) is 5.38. The third-order valence-corrected chi connectivity index (χ3v) is 3.92. The molecule has 5 nitrogen and oxygen atoms in total. The van der Waals surface area contributed by atoms with Gasteiger partial charge in [-0.15, -0.1) is 0 Å². The van der Waals surface area contributed by atoms with Gasteiger partial charge in [0.2, 0.25) is 5.72 Å². The number of rotatable bonds is 2. The Morgan fingerprint density at radius 2 is 1.95 bits per heavy atom. The van der Waals surface area contributed by atoms with Gasteiger partial charge in [0.1, 0.15) is 17.3 Å².